The number of amides is 1. The number of halogens is 4. The Labute approximate surface area is 142 Å². The molecule has 25 heavy (non-hydrogen) atoms. The molecule has 0 radical (unpaired) electrons. The van der Waals surface area contributed by atoms with Gasteiger partial charge in [-0.3, -0.25) is 9.69 Å². The highest BCUT2D eigenvalue weighted by atomic mass is 19.1. The average Bonchev–Trinajstić information content (AvgIpc) is 2.55. The van der Waals surface area contributed by atoms with Gasteiger partial charge in [-0.05, 0) is 25.1 Å². The standard InChI is InChI=1S/C18H16F4N2O/c1-11-18(25)24(17-5-4-14(20)9-16(17)22)7-6-23(11)10-12-2-3-13(19)8-15(12)21/h2-5,8-9,11H,6-7,10H2,1H3. The molecule has 132 valence electrons. The van der Waals surface area contributed by atoms with Crippen molar-refractivity contribution in [2.75, 3.05) is 18.0 Å². The number of carbonyl (C=O) groups excluding carboxylic acids is 1. The number of carbonyl (C=O) groups is 1. The molecule has 3 nitrogen and oxygen atoms in total. The minimum absolute atomic E-state index is 0.0193. The first-order valence-electron chi connectivity index (χ1n) is 7.81. The van der Waals surface area contributed by atoms with Gasteiger partial charge in [-0.15, -0.1) is 0 Å². The Morgan fingerprint density at radius 2 is 1.60 bits per heavy atom. The monoisotopic (exact) mass is 352 g/mol. The second-order valence-electron chi connectivity index (χ2n) is 5.97. The molecule has 3 rings (SSSR count). The third kappa shape index (κ3) is 3.51. The highest BCUT2D eigenvalue weighted by molar-refractivity contribution is 5.97. The zero-order valence-corrected chi connectivity index (χ0v) is 13.5. The van der Waals surface area contributed by atoms with Crippen molar-refractivity contribution in [1.29, 1.82) is 0 Å². The predicted molar refractivity (Wildman–Crippen MR) is 84.9 cm³/mol. The molecular weight excluding hydrogens is 336 g/mol. The highest BCUT2D eigenvalue weighted by Crippen LogP contribution is 2.25. The van der Waals surface area contributed by atoms with E-state index in [1.807, 2.05) is 0 Å². The van der Waals surface area contributed by atoms with Crippen LogP contribution in [0.4, 0.5) is 23.2 Å². The van der Waals surface area contributed by atoms with Gasteiger partial charge in [-0.1, -0.05) is 6.07 Å². The van der Waals surface area contributed by atoms with E-state index in [0.29, 0.717) is 6.54 Å². The maximum Gasteiger partial charge on any atom is 0.244 e. The van der Waals surface area contributed by atoms with Crippen LogP contribution in [-0.4, -0.2) is 29.9 Å². The molecule has 2 aromatic rings. The van der Waals surface area contributed by atoms with Crippen molar-refractivity contribution < 1.29 is 22.4 Å². The van der Waals surface area contributed by atoms with E-state index in [1.54, 1.807) is 11.8 Å². The molecule has 2 aromatic carbocycles. The molecule has 0 N–H and O–H groups in total. The fraction of sp³-hybridized carbons (Fsp3) is 0.278. The van der Waals surface area contributed by atoms with E-state index < -0.39 is 29.3 Å². The maximum atomic E-state index is 13.9. The Balaban J connectivity index is 1.77. The van der Waals surface area contributed by atoms with Gasteiger partial charge in [0.05, 0.1) is 11.7 Å². The molecule has 0 spiro atoms. The van der Waals surface area contributed by atoms with Crippen LogP contribution in [0.15, 0.2) is 36.4 Å². The SMILES string of the molecule is CC1C(=O)N(c2ccc(F)cc2F)CCN1Cc1ccc(F)cc1F. The van der Waals surface area contributed by atoms with Crippen LogP contribution in [0.5, 0.6) is 0 Å². The predicted octanol–water partition coefficient (Wildman–Crippen LogP) is 3.48. The van der Waals surface area contributed by atoms with Gasteiger partial charge in [0.1, 0.15) is 23.3 Å². The molecule has 1 heterocycles. The molecule has 1 atom stereocenters. The highest BCUT2D eigenvalue weighted by Gasteiger charge is 2.33. The van der Waals surface area contributed by atoms with Gasteiger partial charge in [0.2, 0.25) is 5.91 Å². The van der Waals surface area contributed by atoms with Gasteiger partial charge in [0, 0.05) is 37.3 Å². The molecule has 7 heteroatoms. The molecule has 0 aromatic heterocycles. The van der Waals surface area contributed by atoms with Gasteiger partial charge in [-0.2, -0.15) is 0 Å². The average molecular weight is 352 g/mol. The Bertz CT molecular complexity index is 812. The van der Waals surface area contributed by atoms with Gasteiger partial charge in [0.25, 0.3) is 0 Å². The van der Waals surface area contributed by atoms with Crippen LogP contribution in [0.3, 0.4) is 0 Å². The second kappa shape index (κ2) is 6.84. The van der Waals surface area contributed by atoms with E-state index in [4.69, 9.17) is 0 Å². The zero-order chi connectivity index (χ0) is 18.1. The van der Waals surface area contributed by atoms with Crippen LogP contribution in [-0.2, 0) is 11.3 Å². The number of anilines is 1. The van der Waals surface area contributed by atoms with E-state index in [9.17, 15) is 22.4 Å². The van der Waals surface area contributed by atoms with E-state index in [2.05, 4.69) is 0 Å². The lowest BCUT2D eigenvalue weighted by atomic mass is 10.1. The summed E-state index contributed by atoms with van der Waals surface area (Å²) in [7, 11) is 0. The fourth-order valence-electron chi connectivity index (χ4n) is 2.94. The summed E-state index contributed by atoms with van der Waals surface area (Å²) < 4.78 is 53.8. The summed E-state index contributed by atoms with van der Waals surface area (Å²) in [6.07, 6.45) is 0. The molecule has 1 fully saturated rings. The topological polar surface area (TPSA) is 23.6 Å². The lowest BCUT2D eigenvalue weighted by Gasteiger charge is -2.39. The van der Waals surface area contributed by atoms with E-state index in [-0.39, 0.29) is 30.2 Å². The molecule has 1 aliphatic heterocycles. The van der Waals surface area contributed by atoms with Crippen molar-refractivity contribution in [2.24, 2.45) is 0 Å². The van der Waals surface area contributed by atoms with Crippen molar-refractivity contribution in [2.45, 2.75) is 19.5 Å². The molecule has 1 saturated heterocycles. The summed E-state index contributed by atoms with van der Waals surface area (Å²) in [5.41, 5.74) is 0.299. The van der Waals surface area contributed by atoms with Crippen LogP contribution in [0.25, 0.3) is 0 Å². The molecule has 1 unspecified atom stereocenters. The minimum atomic E-state index is -0.807. The lowest BCUT2D eigenvalue weighted by Crippen LogP contribution is -2.55. The van der Waals surface area contributed by atoms with Crippen molar-refractivity contribution in [3.05, 3.63) is 65.2 Å². The maximum absolute atomic E-state index is 13.9. The Hall–Kier alpha value is -2.41. The summed E-state index contributed by atoms with van der Waals surface area (Å²) in [6, 6.07) is 5.73. The quantitative estimate of drug-likeness (QED) is 0.790. The zero-order valence-electron chi connectivity index (χ0n) is 13.5. The van der Waals surface area contributed by atoms with Gasteiger partial charge in [0.15, 0.2) is 0 Å². The van der Waals surface area contributed by atoms with E-state index in [1.165, 1.54) is 17.0 Å². The molecule has 0 saturated carbocycles. The summed E-state index contributed by atoms with van der Waals surface area (Å²) in [4.78, 5) is 15.6. The van der Waals surface area contributed by atoms with E-state index in [0.717, 1.165) is 24.3 Å². The van der Waals surface area contributed by atoms with Crippen LogP contribution in [0.2, 0.25) is 0 Å². The first-order chi connectivity index (χ1) is 11.9. The van der Waals surface area contributed by atoms with Crippen LogP contribution < -0.4 is 4.90 Å². The number of nitrogens with zero attached hydrogens (tertiary/aromatic N) is 2. The number of piperazine rings is 1. The minimum Gasteiger partial charge on any atom is -0.307 e. The van der Waals surface area contributed by atoms with Crippen LogP contribution in [0, 0.1) is 23.3 Å². The Morgan fingerprint density at radius 3 is 2.24 bits per heavy atom. The van der Waals surface area contributed by atoms with Gasteiger partial charge < -0.3 is 4.90 Å². The van der Waals surface area contributed by atoms with Gasteiger partial charge >= 0.3 is 0 Å². The molecule has 0 aliphatic carbocycles. The summed E-state index contributed by atoms with van der Waals surface area (Å²) in [5, 5.41) is 0. The normalized spacial score (nSPS) is 18.7. The lowest BCUT2D eigenvalue weighted by molar-refractivity contribution is -0.125. The molecular formula is C18H16F4N2O. The van der Waals surface area contributed by atoms with E-state index >= 15 is 0 Å². The Morgan fingerprint density at radius 1 is 0.960 bits per heavy atom. The smallest absolute Gasteiger partial charge is 0.244 e. The number of benzene rings is 2. The van der Waals surface area contributed by atoms with Crippen molar-refractivity contribution in [1.82, 2.24) is 4.90 Å². The molecule has 0 bridgehead atoms. The largest absolute Gasteiger partial charge is 0.307 e. The third-order valence-corrected chi connectivity index (χ3v) is 4.37. The van der Waals surface area contributed by atoms with Crippen molar-refractivity contribution in [3.63, 3.8) is 0 Å². The third-order valence-electron chi connectivity index (χ3n) is 4.37. The summed E-state index contributed by atoms with van der Waals surface area (Å²) in [6.45, 7) is 2.34. The van der Waals surface area contributed by atoms with Crippen LogP contribution >= 0.6 is 0 Å². The molecule has 1 aliphatic rings. The number of hydrogen-bond donors (Lipinski definition) is 0. The fourth-order valence-corrected chi connectivity index (χ4v) is 2.94. The number of hydrogen-bond acceptors (Lipinski definition) is 2. The molecule has 1 amide bonds. The summed E-state index contributed by atoms with van der Waals surface area (Å²) in [5.74, 6) is -3.22. The van der Waals surface area contributed by atoms with Crippen molar-refractivity contribution >= 4 is 11.6 Å². The second-order valence-corrected chi connectivity index (χ2v) is 5.97. The van der Waals surface area contributed by atoms with Gasteiger partial charge in [-0.25, -0.2) is 17.6 Å². The summed E-state index contributed by atoms with van der Waals surface area (Å²) >= 11 is 0. The number of rotatable bonds is 3. The first-order valence-corrected chi connectivity index (χ1v) is 7.81. The Kier molecular flexibility index (Phi) is 4.76. The van der Waals surface area contributed by atoms with Crippen molar-refractivity contribution in [3.8, 4) is 0 Å². The first kappa shape index (κ1) is 17.4. The van der Waals surface area contributed by atoms with Crippen LogP contribution in [0.1, 0.15) is 12.5 Å².